The van der Waals surface area contributed by atoms with Crippen molar-refractivity contribution in [3.05, 3.63) is 51.5 Å². The third-order valence-electron chi connectivity index (χ3n) is 2.35. The Morgan fingerprint density at radius 1 is 1.41 bits per heavy atom. The normalized spacial score (nSPS) is 13.3. The molecule has 0 amide bonds. The quantitative estimate of drug-likeness (QED) is 0.434. The van der Waals surface area contributed by atoms with E-state index in [1.165, 1.54) is 0 Å². The average Bonchev–Trinajstić information content (AvgIpc) is 2.28. The van der Waals surface area contributed by atoms with Gasteiger partial charge in [0.2, 0.25) is 0 Å². The Bertz CT molecular complexity index is 469. The lowest BCUT2D eigenvalue weighted by molar-refractivity contribution is -0.103. The predicted octanol–water partition coefficient (Wildman–Crippen LogP) is 4.85. The zero-order valence-electron chi connectivity index (χ0n) is 9.84. The molecule has 1 nitrogen and oxygen atoms in total. The Morgan fingerprint density at radius 2 is 2.12 bits per heavy atom. The predicted molar refractivity (Wildman–Crippen MR) is 74.3 cm³/mol. The van der Waals surface area contributed by atoms with Crippen LogP contribution < -0.4 is 0 Å². The summed E-state index contributed by atoms with van der Waals surface area (Å²) in [6.45, 7) is 3.78. The van der Waals surface area contributed by atoms with Gasteiger partial charge >= 0.3 is 0 Å². The molecule has 0 atom stereocenters. The zero-order valence-corrected chi connectivity index (χ0v) is 11.3. The van der Waals surface area contributed by atoms with Crippen LogP contribution >= 0.6 is 23.2 Å². The number of hydrogen-bond donors (Lipinski definition) is 0. The maximum atomic E-state index is 11.2. The molecule has 1 aromatic carbocycles. The Balaban J connectivity index is 3.34. The molecular weight excluding hydrogens is 255 g/mol. The fourth-order valence-electron chi connectivity index (χ4n) is 1.60. The molecule has 0 radical (unpaired) electrons. The molecule has 3 heteroatoms. The Hall–Kier alpha value is -1.05. The highest BCUT2D eigenvalue weighted by Gasteiger charge is 2.06. The third-order valence-corrected chi connectivity index (χ3v) is 2.70. The van der Waals surface area contributed by atoms with Crippen LogP contribution in [0.1, 0.15) is 25.8 Å². The molecule has 0 saturated heterocycles. The number of carbonyl (C=O) groups excluding carboxylic acids is 1. The first-order chi connectivity index (χ1) is 8.08. The highest BCUT2D eigenvalue weighted by molar-refractivity contribution is 6.31. The van der Waals surface area contributed by atoms with E-state index >= 15 is 0 Å². The van der Waals surface area contributed by atoms with Gasteiger partial charge in [-0.15, -0.1) is 0 Å². The van der Waals surface area contributed by atoms with Crippen molar-refractivity contribution in [1.29, 1.82) is 0 Å². The van der Waals surface area contributed by atoms with Crippen molar-refractivity contribution in [2.45, 2.75) is 20.3 Å². The first-order valence-corrected chi connectivity index (χ1v) is 6.12. The molecule has 0 aromatic heterocycles. The highest BCUT2D eigenvalue weighted by Crippen LogP contribution is 2.24. The van der Waals surface area contributed by atoms with Crippen molar-refractivity contribution in [1.82, 2.24) is 0 Å². The lowest BCUT2D eigenvalue weighted by Gasteiger charge is -2.06. The summed E-state index contributed by atoms with van der Waals surface area (Å²) in [7, 11) is 0. The van der Waals surface area contributed by atoms with E-state index in [0.717, 1.165) is 23.8 Å². The van der Waals surface area contributed by atoms with Gasteiger partial charge in [-0.25, -0.2) is 0 Å². The molecule has 17 heavy (non-hydrogen) atoms. The van der Waals surface area contributed by atoms with E-state index in [2.05, 4.69) is 0 Å². The van der Waals surface area contributed by atoms with Gasteiger partial charge in [-0.3, -0.25) is 4.79 Å². The number of aldehydes is 1. The molecular formula is C14H14Cl2O. The minimum absolute atomic E-state index is 0.615. The van der Waals surface area contributed by atoms with Gasteiger partial charge in [0, 0.05) is 15.6 Å². The second kappa shape index (κ2) is 6.63. The van der Waals surface area contributed by atoms with E-state index < -0.39 is 0 Å². The molecule has 90 valence electrons. The number of hydrogen-bond acceptors (Lipinski definition) is 1. The summed E-state index contributed by atoms with van der Waals surface area (Å²) in [5, 5.41) is 1.27. The number of rotatable bonds is 4. The van der Waals surface area contributed by atoms with Crippen LogP contribution in [0.15, 0.2) is 40.9 Å². The van der Waals surface area contributed by atoms with Crippen LogP contribution in [0, 0.1) is 0 Å². The summed E-state index contributed by atoms with van der Waals surface area (Å²) in [5.41, 5.74) is 2.36. The van der Waals surface area contributed by atoms with E-state index in [-0.39, 0.29) is 0 Å². The maximum absolute atomic E-state index is 11.2. The van der Waals surface area contributed by atoms with Crippen molar-refractivity contribution in [3.8, 4) is 0 Å². The van der Waals surface area contributed by atoms with Gasteiger partial charge in [-0.2, -0.15) is 0 Å². The minimum atomic E-state index is 0.615. The topological polar surface area (TPSA) is 17.1 Å². The van der Waals surface area contributed by atoms with Crippen LogP contribution in [-0.4, -0.2) is 6.29 Å². The average molecular weight is 269 g/mol. The van der Waals surface area contributed by atoms with E-state index in [9.17, 15) is 4.79 Å². The summed E-state index contributed by atoms with van der Waals surface area (Å²) in [4.78, 5) is 11.2. The fraction of sp³-hybridized carbons (Fsp3) is 0.214. The number of carbonyl (C=O) groups is 1. The van der Waals surface area contributed by atoms with Gasteiger partial charge in [0.1, 0.15) is 0 Å². The van der Waals surface area contributed by atoms with Gasteiger partial charge in [0.05, 0.1) is 0 Å². The molecule has 0 aliphatic heterocycles. The third kappa shape index (κ3) is 4.03. The smallest absolute Gasteiger partial charge is 0.150 e. The van der Waals surface area contributed by atoms with Crippen LogP contribution in [0.3, 0.4) is 0 Å². The summed E-state index contributed by atoms with van der Waals surface area (Å²) in [5.74, 6) is 0. The molecule has 1 aromatic rings. The summed E-state index contributed by atoms with van der Waals surface area (Å²) >= 11 is 11.8. The summed E-state index contributed by atoms with van der Waals surface area (Å²) in [6, 6.07) is 7.24. The van der Waals surface area contributed by atoms with Crippen molar-refractivity contribution in [2.24, 2.45) is 0 Å². The van der Waals surface area contributed by atoms with E-state index in [0.29, 0.717) is 15.6 Å². The maximum Gasteiger partial charge on any atom is 0.150 e. The molecule has 0 aliphatic rings. The molecule has 0 spiro atoms. The number of allylic oxidation sites excluding steroid dienone is 4. The lowest BCUT2D eigenvalue weighted by Crippen LogP contribution is -1.91. The molecule has 0 N–H and O–H groups in total. The SMILES string of the molecule is CCC(/C=C(\C)Cl)=C(/C=O)c1cccc(Cl)c1. The van der Waals surface area contributed by atoms with Gasteiger partial charge in [-0.05, 0) is 42.7 Å². The zero-order chi connectivity index (χ0) is 12.8. The fourth-order valence-corrected chi connectivity index (χ4v) is 1.92. The van der Waals surface area contributed by atoms with Crippen LogP contribution in [-0.2, 0) is 4.79 Å². The van der Waals surface area contributed by atoms with Gasteiger partial charge < -0.3 is 0 Å². The first kappa shape index (κ1) is 14.0. The first-order valence-electron chi connectivity index (χ1n) is 5.36. The second-order valence-corrected chi connectivity index (χ2v) is 4.68. The molecule has 0 saturated carbocycles. The van der Waals surface area contributed by atoms with Crippen LogP contribution in [0.25, 0.3) is 5.57 Å². The van der Waals surface area contributed by atoms with Crippen LogP contribution in [0.5, 0.6) is 0 Å². The van der Waals surface area contributed by atoms with E-state index in [4.69, 9.17) is 23.2 Å². The van der Waals surface area contributed by atoms with Crippen molar-refractivity contribution < 1.29 is 4.79 Å². The van der Waals surface area contributed by atoms with Gasteiger partial charge in [-0.1, -0.05) is 42.3 Å². The van der Waals surface area contributed by atoms with E-state index in [1.54, 1.807) is 19.1 Å². The second-order valence-electron chi connectivity index (χ2n) is 3.65. The van der Waals surface area contributed by atoms with Gasteiger partial charge in [0.15, 0.2) is 6.29 Å². The Morgan fingerprint density at radius 3 is 2.59 bits per heavy atom. The Labute approximate surface area is 112 Å². The highest BCUT2D eigenvalue weighted by atomic mass is 35.5. The van der Waals surface area contributed by atoms with E-state index in [1.807, 2.05) is 25.1 Å². The number of benzene rings is 1. The lowest BCUT2D eigenvalue weighted by atomic mass is 9.99. The largest absolute Gasteiger partial charge is 0.298 e. The van der Waals surface area contributed by atoms with Crippen LogP contribution in [0.4, 0.5) is 0 Å². The number of halogens is 2. The van der Waals surface area contributed by atoms with Crippen LogP contribution in [0.2, 0.25) is 5.02 Å². The van der Waals surface area contributed by atoms with Crippen molar-refractivity contribution in [2.75, 3.05) is 0 Å². The van der Waals surface area contributed by atoms with Gasteiger partial charge in [0.25, 0.3) is 0 Å². The Kier molecular flexibility index (Phi) is 5.46. The summed E-state index contributed by atoms with van der Waals surface area (Å²) in [6.07, 6.45) is 3.40. The van der Waals surface area contributed by atoms with Crippen molar-refractivity contribution in [3.63, 3.8) is 0 Å². The van der Waals surface area contributed by atoms with Crippen molar-refractivity contribution >= 4 is 35.1 Å². The molecule has 1 rings (SSSR count). The minimum Gasteiger partial charge on any atom is -0.298 e. The molecule has 0 bridgehead atoms. The molecule has 0 aliphatic carbocycles. The summed E-state index contributed by atoms with van der Waals surface area (Å²) < 4.78 is 0. The standard InChI is InChI=1S/C14H14Cl2O/c1-3-11(7-10(2)15)14(9-17)12-5-4-6-13(16)8-12/h4-9H,3H2,1-2H3/b10-7+,14-11+. The molecule has 0 fully saturated rings. The molecule has 0 unspecified atom stereocenters. The molecule has 0 heterocycles. The monoisotopic (exact) mass is 268 g/mol.